The van der Waals surface area contributed by atoms with E-state index in [0.29, 0.717) is 11.5 Å². The van der Waals surface area contributed by atoms with E-state index in [0.717, 1.165) is 32.1 Å². The summed E-state index contributed by atoms with van der Waals surface area (Å²) in [5.74, 6) is -0.000935. The second kappa shape index (κ2) is 6.63. The van der Waals surface area contributed by atoms with Crippen molar-refractivity contribution >= 4 is 5.97 Å². The zero-order valence-electron chi connectivity index (χ0n) is 11.0. The van der Waals surface area contributed by atoms with Crippen LogP contribution in [0.4, 0.5) is 0 Å². The Balaban J connectivity index is 2.69. The van der Waals surface area contributed by atoms with Crippen molar-refractivity contribution in [1.82, 2.24) is 0 Å². The number of allylic oxidation sites excluding steroid dienone is 2. The molecule has 2 nitrogen and oxygen atoms in total. The minimum absolute atomic E-state index is 0.149. The quantitative estimate of drug-likeness (QED) is 0.577. The van der Waals surface area contributed by atoms with Crippen LogP contribution in [0.5, 0.6) is 0 Å². The molecule has 0 amide bonds. The van der Waals surface area contributed by atoms with Crippen LogP contribution in [0.2, 0.25) is 0 Å². The van der Waals surface area contributed by atoms with Crippen LogP contribution in [-0.4, -0.2) is 11.1 Å². The molecule has 1 N–H and O–H groups in total. The minimum Gasteiger partial charge on any atom is -0.478 e. The number of carbonyl (C=O) groups is 1. The lowest BCUT2D eigenvalue weighted by molar-refractivity contribution is -0.133. The van der Waals surface area contributed by atoms with Crippen molar-refractivity contribution in [2.75, 3.05) is 0 Å². The summed E-state index contributed by atoms with van der Waals surface area (Å²) in [5.41, 5.74) is 1.79. The zero-order chi connectivity index (χ0) is 12.8. The third kappa shape index (κ3) is 4.76. The lowest BCUT2D eigenvalue weighted by atomic mass is 9.84. The highest BCUT2D eigenvalue weighted by atomic mass is 16.4. The summed E-state index contributed by atoms with van der Waals surface area (Å²) in [5, 5.41) is 9.04. The molecule has 1 aliphatic rings. The molecule has 96 valence electrons. The summed E-state index contributed by atoms with van der Waals surface area (Å²) in [7, 11) is 0. The van der Waals surface area contributed by atoms with Gasteiger partial charge in [0, 0.05) is 5.57 Å². The maximum atomic E-state index is 11.0. The van der Waals surface area contributed by atoms with E-state index in [1.165, 1.54) is 12.0 Å². The largest absolute Gasteiger partial charge is 0.478 e. The Morgan fingerprint density at radius 1 is 1.35 bits per heavy atom. The second-order valence-corrected chi connectivity index (χ2v) is 5.38. The summed E-state index contributed by atoms with van der Waals surface area (Å²) in [6.07, 6.45) is 8.71. The van der Waals surface area contributed by atoms with Crippen molar-refractivity contribution in [2.24, 2.45) is 11.8 Å². The van der Waals surface area contributed by atoms with Crippen molar-refractivity contribution < 1.29 is 9.90 Å². The number of hydrogen-bond donors (Lipinski definition) is 1. The molecule has 1 rings (SSSR count). The number of carboxylic acid groups (broad SMARTS) is 1. The molecule has 0 saturated heterocycles. The molecule has 0 aromatic rings. The Morgan fingerprint density at radius 2 is 2.06 bits per heavy atom. The summed E-state index contributed by atoms with van der Waals surface area (Å²) in [4.78, 5) is 11.0. The lowest BCUT2D eigenvalue weighted by Gasteiger charge is -2.21. The van der Waals surface area contributed by atoms with E-state index in [-0.39, 0.29) is 5.92 Å². The molecule has 0 fully saturated rings. The van der Waals surface area contributed by atoms with Gasteiger partial charge in [-0.3, -0.25) is 0 Å². The number of rotatable bonds is 2. The normalized spacial score (nSPS) is 30.1. The lowest BCUT2D eigenvalue weighted by Crippen LogP contribution is -2.14. The Labute approximate surface area is 104 Å². The van der Waals surface area contributed by atoms with Crippen molar-refractivity contribution in [3.8, 4) is 0 Å². The highest BCUT2D eigenvalue weighted by molar-refractivity contribution is 5.86. The predicted octanol–water partition coefficient (Wildman–Crippen LogP) is 4.18. The number of hydrogen-bond acceptors (Lipinski definition) is 1. The van der Waals surface area contributed by atoms with Crippen molar-refractivity contribution in [3.05, 3.63) is 23.8 Å². The average molecular weight is 236 g/mol. The van der Waals surface area contributed by atoms with Crippen LogP contribution < -0.4 is 0 Å². The highest BCUT2D eigenvalue weighted by Gasteiger charge is 2.19. The molecule has 0 aliphatic heterocycles. The molecule has 0 aromatic carbocycles. The summed E-state index contributed by atoms with van der Waals surface area (Å²) in [6, 6.07) is 0. The van der Waals surface area contributed by atoms with E-state index in [1.54, 1.807) is 0 Å². The van der Waals surface area contributed by atoms with Gasteiger partial charge in [-0.2, -0.15) is 0 Å². The summed E-state index contributed by atoms with van der Waals surface area (Å²) < 4.78 is 0. The summed E-state index contributed by atoms with van der Waals surface area (Å²) >= 11 is 0. The van der Waals surface area contributed by atoms with E-state index in [4.69, 9.17) is 5.11 Å². The second-order valence-electron chi connectivity index (χ2n) is 5.38. The van der Waals surface area contributed by atoms with Gasteiger partial charge in [-0.25, -0.2) is 4.79 Å². The monoisotopic (exact) mass is 236 g/mol. The maximum Gasteiger partial charge on any atom is 0.331 e. The SMILES string of the molecule is C=C(C(=O)O)[C@@H]1CC/C(C)=C\CC[C@H](C)CC1. The molecule has 0 saturated carbocycles. The van der Waals surface area contributed by atoms with Gasteiger partial charge in [0.15, 0.2) is 0 Å². The number of carboxylic acids is 1. The van der Waals surface area contributed by atoms with Crippen LogP contribution >= 0.6 is 0 Å². The molecule has 0 bridgehead atoms. The molecule has 17 heavy (non-hydrogen) atoms. The van der Waals surface area contributed by atoms with Crippen LogP contribution in [0.25, 0.3) is 0 Å². The van der Waals surface area contributed by atoms with Gasteiger partial charge >= 0.3 is 5.97 Å². The standard InChI is InChI=1S/C15H24O2/c1-11-5-4-6-12(2)8-10-14(9-7-11)13(3)15(16)17/h5,12,14H,3-4,6-10H2,1-2H3,(H,16,17)/b11-5-/t12-,14+/m0/s1. The van der Waals surface area contributed by atoms with Crippen LogP contribution in [0, 0.1) is 11.8 Å². The van der Waals surface area contributed by atoms with Crippen LogP contribution in [-0.2, 0) is 4.79 Å². The van der Waals surface area contributed by atoms with Gasteiger partial charge in [-0.05, 0) is 50.9 Å². The third-order valence-electron chi connectivity index (χ3n) is 3.81. The zero-order valence-corrected chi connectivity index (χ0v) is 11.0. The maximum absolute atomic E-state index is 11.0. The third-order valence-corrected chi connectivity index (χ3v) is 3.81. The van der Waals surface area contributed by atoms with Crippen molar-refractivity contribution in [3.63, 3.8) is 0 Å². The predicted molar refractivity (Wildman–Crippen MR) is 70.9 cm³/mol. The first-order chi connectivity index (χ1) is 8.00. The van der Waals surface area contributed by atoms with Crippen LogP contribution in [0.1, 0.15) is 52.4 Å². The van der Waals surface area contributed by atoms with E-state index >= 15 is 0 Å². The topological polar surface area (TPSA) is 37.3 Å². The first-order valence-corrected chi connectivity index (χ1v) is 6.58. The fourth-order valence-electron chi connectivity index (χ4n) is 2.42. The first kappa shape index (κ1) is 14.0. The Bertz CT molecular complexity index is 315. The van der Waals surface area contributed by atoms with E-state index in [9.17, 15) is 4.79 Å². The van der Waals surface area contributed by atoms with E-state index in [2.05, 4.69) is 26.5 Å². The first-order valence-electron chi connectivity index (χ1n) is 6.58. The van der Waals surface area contributed by atoms with Crippen molar-refractivity contribution in [1.29, 1.82) is 0 Å². The molecule has 0 unspecified atom stereocenters. The Kier molecular flexibility index (Phi) is 5.46. The van der Waals surface area contributed by atoms with E-state index < -0.39 is 5.97 Å². The molecular formula is C15H24O2. The Morgan fingerprint density at radius 3 is 2.71 bits per heavy atom. The van der Waals surface area contributed by atoms with Gasteiger partial charge in [-0.1, -0.05) is 31.6 Å². The molecule has 0 aromatic heterocycles. The van der Waals surface area contributed by atoms with Gasteiger partial charge in [0.2, 0.25) is 0 Å². The van der Waals surface area contributed by atoms with Gasteiger partial charge in [0.25, 0.3) is 0 Å². The van der Waals surface area contributed by atoms with E-state index in [1.807, 2.05) is 0 Å². The minimum atomic E-state index is -0.832. The molecule has 2 atom stereocenters. The van der Waals surface area contributed by atoms with Gasteiger partial charge in [-0.15, -0.1) is 0 Å². The van der Waals surface area contributed by atoms with Gasteiger partial charge in [0.1, 0.15) is 0 Å². The van der Waals surface area contributed by atoms with Crippen LogP contribution in [0.15, 0.2) is 23.8 Å². The molecule has 0 heterocycles. The fourth-order valence-corrected chi connectivity index (χ4v) is 2.42. The van der Waals surface area contributed by atoms with Crippen LogP contribution in [0.3, 0.4) is 0 Å². The number of aliphatic carboxylic acids is 1. The average Bonchev–Trinajstić information content (AvgIpc) is 2.28. The molecular weight excluding hydrogens is 212 g/mol. The van der Waals surface area contributed by atoms with Crippen molar-refractivity contribution in [2.45, 2.75) is 52.4 Å². The molecule has 2 heteroatoms. The van der Waals surface area contributed by atoms with Gasteiger partial charge in [0.05, 0.1) is 0 Å². The highest BCUT2D eigenvalue weighted by Crippen LogP contribution is 2.28. The fraction of sp³-hybridized carbons (Fsp3) is 0.667. The van der Waals surface area contributed by atoms with Gasteiger partial charge < -0.3 is 5.11 Å². The molecule has 0 spiro atoms. The molecule has 1 aliphatic carbocycles. The Hall–Kier alpha value is -1.05. The summed E-state index contributed by atoms with van der Waals surface area (Å²) in [6.45, 7) is 8.14. The smallest absolute Gasteiger partial charge is 0.331 e. The molecule has 0 radical (unpaired) electrons.